The second kappa shape index (κ2) is 6.01. The maximum Gasteiger partial charge on any atom is 0.165 e. The van der Waals surface area contributed by atoms with Crippen LogP contribution in [0.5, 0.6) is 5.75 Å². The lowest BCUT2D eigenvalue weighted by atomic mass is 10.1. The topological polar surface area (TPSA) is 29.5 Å². The maximum atomic E-state index is 13.8. The van der Waals surface area contributed by atoms with Crippen LogP contribution >= 0.6 is 0 Å². The predicted molar refractivity (Wildman–Crippen MR) is 72.5 cm³/mol. The van der Waals surface area contributed by atoms with Gasteiger partial charge in [-0.05, 0) is 54.8 Å². The lowest BCUT2D eigenvalue weighted by molar-refractivity contribution is 0.198. The number of aliphatic hydroxyl groups excluding tert-OH is 1. The van der Waals surface area contributed by atoms with E-state index in [4.69, 9.17) is 4.74 Å². The first kappa shape index (κ1) is 14.5. The molecule has 1 atom stereocenters. The summed E-state index contributed by atoms with van der Waals surface area (Å²) in [6.45, 7) is 3.49. The Morgan fingerprint density at radius 2 is 1.90 bits per heavy atom. The maximum absolute atomic E-state index is 13.8. The van der Waals surface area contributed by atoms with Crippen molar-refractivity contribution in [1.82, 2.24) is 0 Å². The Morgan fingerprint density at radius 1 is 1.15 bits per heavy atom. The minimum Gasteiger partial charge on any atom is -0.486 e. The van der Waals surface area contributed by atoms with Gasteiger partial charge >= 0.3 is 0 Å². The van der Waals surface area contributed by atoms with Crippen molar-refractivity contribution in [3.05, 3.63) is 64.7 Å². The van der Waals surface area contributed by atoms with Gasteiger partial charge in [0, 0.05) is 0 Å². The summed E-state index contributed by atoms with van der Waals surface area (Å²) in [6.07, 6.45) is -0.732. The molecule has 0 spiro atoms. The summed E-state index contributed by atoms with van der Waals surface area (Å²) in [6, 6.07) is 8.70. The van der Waals surface area contributed by atoms with Gasteiger partial charge in [0.05, 0.1) is 6.10 Å². The summed E-state index contributed by atoms with van der Waals surface area (Å²) < 4.78 is 32.3. The Morgan fingerprint density at radius 3 is 2.55 bits per heavy atom. The Labute approximate surface area is 116 Å². The largest absolute Gasteiger partial charge is 0.486 e. The van der Waals surface area contributed by atoms with Crippen molar-refractivity contribution >= 4 is 0 Å². The fourth-order valence-electron chi connectivity index (χ4n) is 1.85. The Bertz CT molecular complexity index is 609. The van der Waals surface area contributed by atoms with Crippen LogP contribution in [0.3, 0.4) is 0 Å². The molecule has 0 aromatic heterocycles. The summed E-state index contributed by atoms with van der Waals surface area (Å²) in [4.78, 5) is 0. The molecule has 0 bridgehead atoms. The molecule has 2 nitrogen and oxygen atoms in total. The van der Waals surface area contributed by atoms with Gasteiger partial charge in [0.2, 0.25) is 0 Å². The van der Waals surface area contributed by atoms with E-state index in [1.165, 1.54) is 24.3 Å². The SMILES string of the molecule is Cc1ccc(F)cc1COc1ccc([C@@H](C)O)cc1F. The van der Waals surface area contributed by atoms with Gasteiger partial charge < -0.3 is 9.84 Å². The first-order valence-electron chi connectivity index (χ1n) is 6.32. The van der Waals surface area contributed by atoms with Crippen LogP contribution in [0.1, 0.15) is 29.7 Å². The molecule has 2 rings (SSSR count). The van der Waals surface area contributed by atoms with Crippen molar-refractivity contribution in [3.8, 4) is 5.75 Å². The molecule has 0 aliphatic heterocycles. The van der Waals surface area contributed by atoms with Crippen LogP contribution in [0.25, 0.3) is 0 Å². The minimum atomic E-state index is -0.732. The third-order valence-electron chi connectivity index (χ3n) is 3.13. The molecule has 0 saturated heterocycles. The highest BCUT2D eigenvalue weighted by Gasteiger charge is 2.09. The lowest BCUT2D eigenvalue weighted by Crippen LogP contribution is -2.01. The third-order valence-corrected chi connectivity index (χ3v) is 3.13. The van der Waals surface area contributed by atoms with E-state index in [2.05, 4.69) is 0 Å². The summed E-state index contributed by atoms with van der Waals surface area (Å²) in [5.74, 6) is -0.811. The van der Waals surface area contributed by atoms with E-state index >= 15 is 0 Å². The van der Waals surface area contributed by atoms with Gasteiger partial charge in [-0.15, -0.1) is 0 Å². The number of ether oxygens (including phenoxy) is 1. The molecule has 20 heavy (non-hydrogen) atoms. The van der Waals surface area contributed by atoms with E-state index in [1.54, 1.807) is 19.1 Å². The van der Waals surface area contributed by atoms with E-state index in [0.717, 1.165) is 5.56 Å². The highest BCUT2D eigenvalue weighted by Crippen LogP contribution is 2.23. The monoisotopic (exact) mass is 278 g/mol. The quantitative estimate of drug-likeness (QED) is 0.919. The molecule has 2 aromatic rings. The van der Waals surface area contributed by atoms with Crippen LogP contribution in [0.4, 0.5) is 8.78 Å². The molecule has 0 radical (unpaired) electrons. The van der Waals surface area contributed by atoms with E-state index in [0.29, 0.717) is 11.1 Å². The highest BCUT2D eigenvalue weighted by molar-refractivity contribution is 5.31. The molecular formula is C16H16F2O2. The number of aryl methyl sites for hydroxylation is 1. The average molecular weight is 278 g/mol. The van der Waals surface area contributed by atoms with Crippen molar-refractivity contribution in [2.45, 2.75) is 26.6 Å². The zero-order chi connectivity index (χ0) is 14.7. The Kier molecular flexibility index (Phi) is 4.35. The van der Waals surface area contributed by atoms with E-state index < -0.39 is 11.9 Å². The summed E-state index contributed by atoms with van der Waals surface area (Å²) >= 11 is 0. The number of aliphatic hydroxyl groups is 1. The normalized spacial score (nSPS) is 12.2. The van der Waals surface area contributed by atoms with Gasteiger partial charge in [0.15, 0.2) is 11.6 Å². The van der Waals surface area contributed by atoms with Crippen molar-refractivity contribution in [3.63, 3.8) is 0 Å². The molecule has 1 N–H and O–H groups in total. The number of hydrogen-bond donors (Lipinski definition) is 1. The summed E-state index contributed by atoms with van der Waals surface area (Å²) in [5, 5.41) is 9.36. The standard InChI is InChI=1S/C16H16F2O2/c1-10-3-5-14(17)7-13(10)9-20-16-6-4-12(11(2)19)8-15(16)18/h3-8,11,19H,9H2,1-2H3/t11-/m1/s1. The fourth-order valence-corrected chi connectivity index (χ4v) is 1.85. The van der Waals surface area contributed by atoms with Crippen molar-refractivity contribution < 1.29 is 18.6 Å². The zero-order valence-electron chi connectivity index (χ0n) is 11.4. The van der Waals surface area contributed by atoms with Gasteiger partial charge in [-0.2, -0.15) is 0 Å². The number of hydrogen-bond acceptors (Lipinski definition) is 2. The van der Waals surface area contributed by atoms with Crippen LogP contribution in [0.15, 0.2) is 36.4 Å². The molecule has 0 unspecified atom stereocenters. The van der Waals surface area contributed by atoms with Crippen molar-refractivity contribution in [2.24, 2.45) is 0 Å². The molecular weight excluding hydrogens is 262 g/mol. The van der Waals surface area contributed by atoms with Crippen LogP contribution < -0.4 is 4.74 Å². The Balaban J connectivity index is 2.13. The minimum absolute atomic E-state index is 0.0815. The van der Waals surface area contributed by atoms with Crippen molar-refractivity contribution in [2.75, 3.05) is 0 Å². The number of rotatable bonds is 4. The molecule has 0 fully saturated rings. The molecule has 4 heteroatoms. The average Bonchev–Trinajstić information content (AvgIpc) is 2.40. The van der Waals surface area contributed by atoms with E-state index in [-0.39, 0.29) is 18.2 Å². The summed E-state index contributed by atoms with van der Waals surface area (Å²) in [7, 11) is 0. The number of benzene rings is 2. The van der Waals surface area contributed by atoms with Gasteiger partial charge in [-0.1, -0.05) is 12.1 Å². The van der Waals surface area contributed by atoms with Gasteiger partial charge in [0.1, 0.15) is 12.4 Å². The number of halogens is 2. The zero-order valence-corrected chi connectivity index (χ0v) is 11.4. The first-order chi connectivity index (χ1) is 9.47. The molecule has 0 aliphatic carbocycles. The summed E-state index contributed by atoms with van der Waals surface area (Å²) in [5.41, 5.74) is 2.04. The third kappa shape index (κ3) is 3.33. The Hall–Kier alpha value is -1.94. The van der Waals surface area contributed by atoms with Crippen LogP contribution in [-0.4, -0.2) is 5.11 Å². The predicted octanol–water partition coefficient (Wildman–Crippen LogP) is 3.91. The highest BCUT2D eigenvalue weighted by atomic mass is 19.1. The van der Waals surface area contributed by atoms with Crippen molar-refractivity contribution in [1.29, 1.82) is 0 Å². The fraction of sp³-hybridized carbons (Fsp3) is 0.250. The second-order valence-electron chi connectivity index (χ2n) is 4.73. The molecule has 0 saturated carbocycles. The molecule has 0 heterocycles. The van der Waals surface area contributed by atoms with E-state index in [1.807, 2.05) is 6.92 Å². The van der Waals surface area contributed by atoms with Gasteiger partial charge in [-0.3, -0.25) is 0 Å². The van der Waals surface area contributed by atoms with Crippen LogP contribution in [0.2, 0.25) is 0 Å². The molecule has 2 aromatic carbocycles. The van der Waals surface area contributed by atoms with Crippen LogP contribution in [0, 0.1) is 18.6 Å². The molecule has 0 aliphatic rings. The first-order valence-corrected chi connectivity index (χ1v) is 6.32. The van der Waals surface area contributed by atoms with Gasteiger partial charge in [-0.25, -0.2) is 8.78 Å². The van der Waals surface area contributed by atoms with E-state index in [9.17, 15) is 13.9 Å². The smallest absolute Gasteiger partial charge is 0.165 e. The van der Waals surface area contributed by atoms with Gasteiger partial charge in [0.25, 0.3) is 0 Å². The molecule has 106 valence electrons. The van der Waals surface area contributed by atoms with Crippen LogP contribution in [-0.2, 0) is 6.61 Å². The molecule has 0 amide bonds. The second-order valence-corrected chi connectivity index (χ2v) is 4.73. The lowest BCUT2D eigenvalue weighted by Gasteiger charge is -2.11.